The molecule has 8 heteroatoms. The highest BCUT2D eigenvalue weighted by atomic mass is 16.6. The van der Waals surface area contributed by atoms with Gasteiger partial charge in [0.1, 0.15) is 18.1 Å². The van der Waals surface area contributed by atoms with Crippen molar-refractivity contribution in [3.05, 3.63) is 115 Å². The van der Waals surface area contributed by atoms with Gasteiger partial charge in [-0.25, -0.2) is 9.59 Å². The van der Waals surface area contributed by atoms with Crippen molar-refractivity contribution >= 4 is 28.5 Å². The van der Waals surface area contributed by atoms with E-state index < -0.39 is 24.3 Å². The fourth-order valence-electron chi connectivity index (χ4n) is 3.87. The number of carbonyl (C=O) groups is 2. The van der Waals surface area contributed by atoms with Gasteiger partial charge in [0.25, 0.3) is 0 Å². The molecule has 0 aromatic heterocycles. The van der Waals surface area contributed by atoms with Crippen molar-refractivity contribution in [2.75, 3.05) is 18.5 Å². The van der Waals surface area contributed by atoms with Crippen LogP contribution in [0.4, 0.5) is 10.5 Å². The Labute approximate surface area is 219 Å². The van der Waals surface area contributed by atoms with E-state index in [1.54, 1.807) is 54.6 Å². The van der Waals surface area contributed by atoms with Crippen LogP contribution in [0.15, 0.2) is 109 Å². The third-order valence-electron chi connectivity index (χ3n) is 5.57. The van der Waals surface area contributed by atoms with Gasteiger partial charge < -0.3 is 24.4 Å². The average Bonchev–Trinajstić information content (AvgIpc) is 2.94. The minimum atomic E-state index is -1.17. The van der Waals surface area contributed by atoms with Gasteiger partial charge in [-0.2, -0.15) is 0 Å². The molecule has 4 aromatic carbocycles. The molecule has 0 unspecified atom stereocenters. The average molecular weight is 514 g/mol. The smallest absolute Gasteiger partial charge is 0.412 e. The molecule has 0 aliphatic heterocycles. The van der Waals surface area contributed by atoms with Gasteiger partial charge in [0.2, 0.25) is 0 Å². The van der Waals surface area contributed by atoms with E-state index in [0.29, 0.717) is 22.7 Å². The molecule has 1 amide bonds. The summed E-state index contributed by atoms with van der Waals surface area (Å²) in [5.41, 5.74) is 1.12. The summed E-state index contributed by atoms with van der Waals surface area (Å²) in [5.74, 6) is -0.180. The highest BCUT2D eigenvalue weighted by Crippen LogP contribution is 2.30. The van der Waals surface area contributed by atoms with Crippen molar-refractivity contribution < 1.29 is 34.0 Å². The predicted molar refractivity (Wildman–Crippen MR) is 143 cm³/mol. The monoisotopic (exact) mass is 513 g/mol. The maximum Gasteiger partial charge on any atom is 0.412 e. The number of nitrogens with one attached hydrogen (secondary N) is 1. The molecule has 0 radical (unpaired) electrons. The topological polar surface area (TPSA) is 114 Å². The first-order valence-corrected chi connectivity index (χ1v) is 12.0. The Morgan fingerprint density at radius 2 is 1.55 bits per heavy atom. The van der Waals surface area contributed by atoms with Crippen LogP contribution in [0.25, 0.3) is 10.8 Å². The van der Waals surface area contributed by atoms with Gasteiger partial charge in [0.05, 0.1) is 12.3 Å². The number of anilines is 1. The first kappa shape index (κ1) is 26.2. The number of benzene rings is 4. The van der Waals surface area contributed by atoms with Gasteiger partial charge in [0.15, 0.2) is 12.2 Å². The number of ether oxygens (including phenoxy) is 3. The Morgan fingerprint density at radius 3 is 2.29 bits per heavy atom. The lowest BCUT2D eigenvalue weighted by Gasteiger charge is -2.26. The zero-order valence-electron chi connectivity index (χ0n) is 20.4. The van der Waals surface area contributed by atoms with E-state index in [0.717, 1.165) is 16.8 Å². The van der Waals surface area contributed by atoms with Crippen LogP contribution in [-0.2, 0) is 9.53 Å². The van der Waals surface area contributed by atoms with E-state index in [4.69, 9.17) is 19.3 Å². The third-order valence-corrected chi connectivity index (χ3v) is 5.57. The molecule has 0 saturated carbocycles. The van der Waals surface area contributed by atoms with Crippen molar-refractivity contribution in [3.63, 3.8) is 0 Å². The fourth-order valence-corrected chi connectivity index (χ4v) is 3.87. The van der Waals surface area contributed by atoms with Crippen molar-refractivity contribution in [2.24, 2.45) is 0 Å². The first-order valence-electron chi connectivity index (χ1n) is 12.0. The molecule has 0 fully saturated rings. The second-order valence-corrected chi connectivity index (χ2v) is 8.21. The Kier molecular flexibility index (Phi) is 8.93. The highest BCUT2D eigenvalue weighted by molar-refractivity contribution is 6.00. The maximum atomic E-state index is 13.2. The number of aliphatic hydroxyl groups excluding tert-OH is 1. The molecule has 0 saturated heterocycles. The van der Waals surface area contributed by atoms with Crippen LogP contribution in [0, 0.1) is 0 Å². The summed E-state index contributed by atoms with van der Waals surface area (Å²) >= 11 is 0. The van der Waals surface area contributed by atoms with Crippen molar-refractivity contribution in [2.45, 2.75) is 12.2 Å². The molecule has 3 N–H and O–H groups in total. The normalized spacial score (nSPS) is 12.6. The molecule has 0 aliphatic rings. The number of hydrogen-bond acceptors (Lipinski definition) is 6. The van der Waals surface area contributed by atoms with E-state index in [-0.39, 0.29) is 13.2 Å². The number of amides is 1. The largest absolute Gasteiger partial charge is 0.491 e. The number of carboxylic acid groups (broad SMARTS) is 1. The number of carbonyl (C=O) groups excluding carboxylic acids is 1. The number of carboxylic acids is 1. The molecular formula is C30H27NO7. The maximum absolute atomic E-state index is 13.2. The highest BCUT2D eigenvalue weighted by Gasteiger charge is 2.28. The number of aliphatic hydroxyl groups is 1. The van der Waals surface area contributed by atoms with E-state index in [9.17, 15) is 14.7 Å². The number of fused-ring (bicyclic) bond motifs is 1. The summed E-state index contributed by atoms with van der Waals surface area (Å²) in [6.45, 7) is 0.00258. The van der Waals surface area contributed by atoms with Crippen molar-refractivity contribution in [1.29, 1.82) is 0 Å². The standard InChI is InChI=1S/C30H27NO7/c32-19-20-36-23-15-13-22(14-16-23)29(27(17-18-28(33)34)37-24-9-2-1-3-10-24)38-30(35)31-26-12-6-8-21-7-4-5-11-25(21)26/h1-18,27,29,32H,19-20H2,(H,31,35)(H,33,34)/b18-17+/t27-,29-/m1/s1. The van der Waals surface area contributed by atoms with Crippen LogP contribution in [0.1, 0.15) is 11.7 Å². The number of rotatable bonds is 11. The van der Waals surface area contributed by atoms with Crippen LogP contribution < -0.4 is 14.8 Å². The van der Waals surface area contributed by atoms with Crippen molar-refractivity contribution in [1.82, 2.24) is 0 Å². The summed E-state index contributed by atoms with van der Waals surface area (Å²) in [7, 11) is 0. The van der Waals surface area contributed by atoms with E-state index >= 15 is 0 Å². The Balaban J connectivity index is 1.65. The molecular weight excluding hydrogens is 486 g/mol. The van der Waals surface area contributed by atoms with Crippen LogP contribution in [0.3, 0.4) is 0 Å². The second-order valence-electron chi connectivity index (χ2n) is 8.21. The molecule has 2 atom stereocenters. The number of para-hydroxylation sites is 1. The lowest BCUT2D eigenvalue weighted by atomic mass is 10.0. The molecule has 38 heavy (non-hydrogen) atoms. The Hall–Kier alpha value is -4.82. The minimum Gasteiger partial charge on any atom is -0.491 e. The van der Waals surface area contributed by atoms with E-state index in [2.05, 4.69) is 5.32 Å². The molecule has 0 bridgehead atoms. The number of aliphatic carboxylic acids is 1. The van der Waals surface area contributed by atoms with Crippen LogP contribution in [0.5, 0.6) is 11.5 Å². The Bertz CT molecular complexity index is 1380. The molecule has 4 rings (SSSR count). The second kappa shape index (κ2) is 12.9. The van der Waals surface area contributed by atoms with Gasteiger partial charge in [-0.05, 0) is 47.4 Å². The summed E-state index contributed by atoms with van der Waals surface area (Å²) in [6, 6.07) is 28.7. The quantitative estimate of drug-likeness (QED) is 0.224. The molecule has 4 aromatic rings. The first-order chi connectivity index (χ1) is 18.5. The summed E-state index contributed by atoms with van der Waals surface area (Å²) < 4.78 is 17.4. The summed E-state index contributed by atoms with van der Waals surface area (Å²) in [5, 5.41) is 22.9. The SMILES string of the molecule is O=C(O)/C=C/[C@@H](Oc1ccccc1)[C@H](OC(=O)Nc1cccc2ccccc12)c1ccc(OCCO)cc1. The molecule has 0 heterocycles. The summed E-state index contributed by atoms with van der Waals surface area (Å²) in [4.78, 5) is 24.5. The van der Waals surface area contributed by atoms with Gasteiger partial charge in [-0.3, -0.25) is 5.32 Å². The number of hydrogen-bond donors (Lipinski definition) is 3. The van der Waals surface area contributed by atoms with Gasteiger partial charge >= 0.3 is 12.1 Å². The lowest BCUT2D eigenvalue weighted by molar-refractivity contribution is -0.131. The molecule has 194 valence electrons. The van der Waals surface area contributed by atoms with E-state index in [1.165, 1.54) is 6.08 Å². The van der Waals surface area contributed by atoms with Crippen LogP contribution >= 0.6 is 0 Å². The van der Waals surface area contributed by atoms with Crippen LogP contribution in [-0.4, -0.2) is 41.6 Å². The Morgan fingerprint density at radius 1 is 0.842 bits per heavy atom. The van der Waals surface area contributed by atoms with Crippen LogP contribution in [0.2, 0.25) is 0 Å². The fraction of sp³-hybridized carbons (Fsp3) is 0.133. The van der Waals surface area contributed by atoms with Gasteiger partial charge in [-0.1, -0.05) is 66.7 Å². The lowest BCUT2D eigenvalue weighted by Crippen LogP contribution is -2.29. The zero-order chi connectivity index (χ0) is 26.7. The predicted octanol–water partition coefficient (Wildman–Crippen LogP) is 5.59. The molecule has 0 spiro atoms. The van der Waals surface area contributed by atoms with Gasteiger partial charge in [0, 0.05) is 11.5 Å². The molecule has 8 nitrogen and oxygen atoms in total. The van der Waals surface area contributed by atoms with Gasteiger partial charge in [-0.15, -0.1) is 0 Å². The molecule has 0 aliphatic carbocycles. The zero-order valence-corrected chi connectivity index (χ0v) is 20.4. The summed E-state index contributed by atoms with van der Waals surface area (Å²) in [6.07, 6.45) is -0.451. The van der Waals surface area contributed by atoms with E-state index in [1.807, 2.05) is 42.5 Å². The third kappa shape index (κ3) is 7.11. The van der Waals surface area contributed by atoms with Crippen molar-refractivity contribution in [3.8, 4) is 11.5 Å². The minimum absolute atomic E-state index is 0.130.